The fraction of sp³-hybridized carbons (Fsp3) is 0.310. The van der Waals surface area contributed by atoms with Crippen LogP contribution in [0.3, 0.4) is 0 Å². The molecule has 3 aromatic rings. The van der Waals surface area contributed by atoms with Crippen molar-refractivity contribution in [2.45, 2.75) is 50.4 Å². The number of benzene rings is 3. The second-order valence-electron chi connectivity index (χ2n) is 9.21. The summed E-state index contributed by atoms with van der Waals surface area (Å²) in [4.78, 5) is 24.1. The van der Waals surface area contributed by atoms with Gasteiger partial charge in [0.15, 0.2) is 5.78 Å². The largest absolute Gasteiger partial charge is 1.00 e. The van der Waals surface area contributed by atoms with Crippen LogP contribution in [0, 0.1) is 0 Å². The van der Waals surface area contributed by atoms with Crippen molar-refractivity contribution in [3.05, 3.63) is 87.9 Å². The number of ketones is 1. The van der Waals surface area contributed by atoms with Crippen LogP contribution in [0.4, 0.5) is 0 Å². The molecular weight excluding hydrogens is 487 g/mol. The van der Waals surface area contributed by atoms with Gasteiger partial charge in [-0.3, -0.25) is 4.79 Å². The van der Waals surface area contributed by atoms with Crippen molar-refractivity contribution in [3.63, 3.8) is 0 Å². The summed E-state index contributed by atoms with van der Waals surface area (Å²) in [6.45, 7) is 0.287. The normalized spacial score (nSPS) is 16.3. The van der Waals surface area contributed by atoms with Gasteiger partial charge in [-0.25, -0.2) is 0 Å². The molecule has 1 atom stereocenters. The van der Waals surface area contributed by atoms with Crippen LogP contribution in [0.5, 0.6) is 17.2 Å². The molecule has 0 aromatic heterocycles. The van der Waals surface area contributed by atoms with E-state index >= 15 is 0 Å². The average Bonchev–Trinajstić information content (AvgIpc) is 3.70. The number of carboxylic acids is 1. The van der Waals surface area contributed by atoms with Gasteiger partial charge in [0.1, 0.15) is 17.2 Å². The number of aliphatic carboxylic acids is 1. The van der Waals surface area contributed by atoms with E-state index in [-0.39, 0.29) is 47.0 Å². The second kappa shape index (κ2) is 11.8. The molecule has 0 N–H and O–H groups in total. The van der Waals surface area contributed by atoms with Crippen molar-refractivity contribution in [2.75, 3.05) is 6.61 Å². The molecule has 1 fully saturated rings. The van der Waals surface area contributed by atoms with E-state index in [0.717, 1.165) is 12.8 Å². The maximum absolute atomic E-state index is 12.7. The van der Waals surface area contributed by atoms with Gasteiger partial charge in [0.25, 0.3) is 0 Å². The molecule has 0 radical (unpaired) electrons. The van der Waals surface area contributed by atoms with Crippen LogP contribution < -0.4 is 44.1 Å². The Labute approximate surface area is 238 Å². The molecule has 7 heteroatoms. The van der Waals surface area contributed by atoms with Gasteiger partial charge in [-0.2, -0.15) is 0 Å². The first-order valence-corrected chi connectivity index (χ1v) is 12.4. The second-order valence-corrected chi connectivity index (χ2v) is 9.61. The third-order valence-electron chi connectivity index (χ3n) is 6.71. The molecule has 5 rings (SSSR count). The smallest absolute Gasteiger partial charge is 0.549 e. The molecular formula is C29H26ClNaO5. The average molecular weight is 513 g/mol. The number of Topliss-reactive ketones (excluding diaryl/α,β-unsaturated/α-hetero) is 1. The van der Waals surface area contributed by atoms with Crippen LogP contribution >= 0.6 is 11.6 Å². The van der Waals surface area contributed by atoms with Crippen LogP contribution in [0.15, 0.2) is 60.7 Å². The first-order chi connectivity index (χ1) is 17.0. The van der Waals surface area contributed by atoms with Crippen LogP contribution in [-0.4, -0.2) is 18.4 Å². The zero-order valence-corrected chi connectivity index (χ0v) is 23.1. The van der Waals surface area contributed by atoms with Crippen LogP contribution in [-0.2, 0) is 11.2 Å². The van der Waals surface area contributed by atoms with Crippen molar-refractivity contribution in [3.8, 4) is 17.2 Å². The van der Waals surface area contributed by atoms with Crippen LogP contribution in [0.2, 0.25) is 5.02 Å². The molecule has 0 saturated heterocycles. The van der Waals surface area contributed by atoms with Gasteiger partial charge in [0.05, 0.1) is 11.6 Å². The van der Waals surface area contributed by atoms with Crippen molar-refractivity contribution < 1.29 is 53.7 Å². The zero-order valence-electron chi connectivity index (χ0n) is 20.3. The van der Waals surface area contributed by atoms with Gasteiger partial charge >= 0.3 is 29.6 Å². The van der Waals surface area contributed by atoms with E-state index in [1.54, 1.807) is 36.4 Å². The number of aryl methyl sites for hydroxylation is 1. The first-order valence-electron chi connectivity index (χ1n) is 12.1. The van der Waals surface area contributed by atoms with Crippen molar-refractivity contribution in [2.24, 2.45) is 0 Å². The fourth-order valence-electron chi connectivity index (χ4n) is 4.69. The number of hydrogen-bond acceptors (Lipinski definition) is 5. The topological polar surface area (TPSA) is 75.7 Å². The fourth-order valence-corrected chi connectivity index (χ4v) is 4.90. The summed E-state index contributed by atoms with van der Waals surface area (Å²) in [5, 5.41) is 11.7. The SMILES string of the molecule is O=C(CCCc1ccccc1C1CC1)c1ccc(Oc2cc3c(cc2Cl)C(C(=O)[O-])CCO3)cc1.[Na+]. The molecule has 1 aliphatic heterocycles. The number of ether oxygens (including phenoxy) is 2. The standard InChI is InChI=1S/C29H27ClO5.Na/c30-25-16-24-23(29(32)33)14-15-34-27(24)17-28(25)35-21-12-10-20(11-13-21)26(31)7-3-5-18-4-1-2-6-22(18)19-8-9-19;/h1-2,4,6,10-13,16-17,19,23H,3,5,7-9,14-15H2,(H,32,33);/q;+1/p-1. The minimum absolute atomic E-state index is 0. The Kier molecular flexibility index (Phi) is 8.78. The number of carbonyl (C=O) groups excluding carboxylic acids is 2. The molecule has 180 valence electrons. The molecule has 0 spiro atoms. The van der Waals surface area contributed by atoms with E-state index in [0.29, 0.717) is 47.1 Å². The minimum atomic E-state index is -1.15. The summed E-state index contributed by atoms with van der Waals surface area (Å²) in [6.07, 6.45) is 5.11. The van der Waals surface area contributed by atoms with E-state index in [9.17, 15) is 14.7 Å². The molecule has 0 amide bonds. The Morgan fingerprint density at radius 2 is 1.75 bits per heavy atom. The predicted octanol–water partition coefficient (Wildman–Crippen LogP) is 2.84. The molecule has 36 heavy (non-hydrogen) atoms. The maximum Gasteiger partial charge on any atom is 1.00 e. The van der Waals surface area contributed by atoms with Crippen LogP contribution in [0.1, 0.15) is 71.0 Å². The van der Waals surface area contributed by atoms with Gasteiger partial charge < -0.3 is 19.4 Å². The molecule has 1 saturated carbocycles. The Morgan fingerprint density at radius 3 is 2.47 bits per heavy atom. The number of rotatable bonds is 9. The number of halogens is 1. The monoisotopic (exact) mass is 512 g/mol. The molecule has 5 nitrogen and oxygen atoms in total. The molecule has 3 aromatic carbocycles. The Bertz CT molecular complexity index is 1250. The summed E-state index contributed by atoms with van der Waals surface area (Å²) in [5.41, 5.74) is 3.95. The van der Waals surface area contributed by atoms with Crippen molar-refractivity contribution in [1.82, 2.24) is 0 Å². The quantitative estimate of drug-likeness (QED) is 0.325. The Morgan fingerprint density at radius 1 is 1.00 bits per heavy atom. The van der Waals surface area contributed by atoms with Gasteiger partial charge in [-0.05, 0) is 79.5 Å². The summed E-state index contributed by atoms with van der Waals surface area (Å²) < 4.78 is 11.5. The number of fused-ring (bicyclic) bond motifs is 1. The molecule has 2 aliphatic rings. The van der Waals surface area contributed by atoms with E-state index in [1.165, 1.54) is 24.0 Å². The van der Waals surface area contributed by atoms with E-state index in [2.05, 4.69) is 24.3 Å². The summed E-state index contributed by atoms with van der Waals surface area (Å²) in [7, 11) is 0. The third-order valence-corrected chi connectivity index (χ3v) is 7.01. The first kappa shape index (κ1) is 26.7. The minimum Gasteiger partial charge on any atom is -0.549 e. The van der Waals surface area contributed by atoms with Gasteiger partial charge in [-0.1, -0.05) is 35.9 Å². The van der Waals surface area contributed by atoms with Gasteiger partial charge in [0, 0.05) is 35.5 Å². The predicted molar refractivity (Wildman–Crippen MR) is 132 cm³/mol. The zero-order chi connectivity index (χ0) is 24.4. The summed E-state index contributed by atoms with van der Waals surface area (Å²) >= 11 is 6.36. The van der Waals surface area contributed by atoms with Crippen molar-refractivity contribution in [1.29, 1.82) is 0 Å². The Hall–Kier alpha value is -2.31. The third kappa shape index (κ3) is 6.15. The summed E-state index contributed by atoms with van der Waals surface area (Å²) in [5.74, 6) is 0.227. The molecule has 1 heterocycles. The van der Waals surface area contributed by atoms with E-state index < -0.39 is 11.9 Å². The molecule has 1 aliphatic carbocycles. The van der Waals surface area contributed by atoms with E-state index in [4.69, 9.17) is 21.1 Å². The number of carboxylic acid groups (broad SMARTS) is 1. The van der Waals surface area contributed by atoms with Gasteiger partial charge in [-0.15, -0.1) is 0 Å². The molecule has 1 unspecified atom stereocenters. The van der Waals surface area contributed by atoms with E-state index in [1.807, 2.05) is 0 Å². The van der Waals surface area contributed by atoms with Crippen LogP contribution in [0.25, 0.3) is 0 Å². The number of carbonyl (C=O) groups is 2. The maximum atomic E-state index is 12.7. The van der Waals surface area contributed by atoms with Crippen molar-refractivity contribution >= 4 is 23.4 Å². The van der Waals surface area contributed by atoms with Gasteiger partial charge in [0.2, 0.25) is 0 Å². The number of hydrogen-bond donors (Lipinski definition) is 0. The summed E-state index contributed by atoms with van der Waals surface area (Å²) in [6, 6.07) is 18.7. The molecule has 0 bridgehead atoms. The Balaban J connectivity index is 0.00000304.